The first kappa shape index (κ1) is 16.0. The Morgan fingerprint density at radius 2 is 2.04 bits per heavy atom. The number of hydrogen-bond acceptors (Lipinski definition) is 5. The number of nitrogens with zero attached hydrogens (tertiary/aromatic N) is 1. The van der Waals surface area contributed by atoms with E-state index in [0.29, 0.717) is 30.5 Å². The summed E-state index contributed by atoms with van der Waals surface area (Å²) in [7, 11) is 1.58. The van der Waals surface area contributed by atoms with E-state index in [1.807, 2.05) is 24.3 Å². The van der Waals surface area contributed by atoms with Gasteiger partial charge >= 0.3 is 0 Å². The summed E-state index contributed by atoms with van der Waals surface area (Å²) in [5, 5.41) is -0.213. The number of imide groups is 1. The predicted molar refractivity (Wildman–Crippen MR) is 87.2 cm³/mol. The molecule has 0 bridgehead atoms. The van der Waals surface area contributed by atoms with Gasteiger partial charge in [0.25, 0.3) is 11.1 Å². The van der Waals surface area contributed by atoms with Gasteiger partial charge in [-0.3, -0.25) is 9.59 Å². The number of carbonyl (C=O) groups is 2. The smallest absolute Gasteiger partial charge is 0.298 e. The third-order valence-electron chi connectivity index (χ3n) is 3.88. The van der Waals surface area contributed by atoms with Gasteiger partial charge < -0.3 is 14.4 Å². The molecular weight excluding hydrogens is 316 g/mol. The Morgan fingerprint density at radius 3 is 2.78 bits per heavy atom. The number of quaternary nitrogens is 1. The SMILES string of the molecule is COc1ccccc1/C=C1/SC(=O)N(C[NH+]2CCOCC2)C1=O. The van der Waals surface area contributed by atoms with Gasteiger partial charge in [0, 0.05) is 5.56 Å². The van der Waals surface area contributed by atoms with Crippen molar-refractivity contribution in [3.8, 4) is 5.75 Å². The van der Waals surface area contributed by atoms with Gasteiger partial charge in [-0.1, -0.05) is 18.2 Å². The van der Waals surface area contributed by atoms with E-state index in [2.05, 4.69) is 0 Å². The Morgan fingerprint density at radius 1 is 1.30 bits per heavy atom. The number of benzene rings is 1. The second-order valence-electron chi connectivity index (χ2n) is 5.37. The van der Waals surface area contributed by atoms with Crippen LogP contribution in [0.1, 0.15) is 5.56 Å². The summed E-state index contributed by atoms with van der Waals surface area (Å²) in [5.41, 5.74) is 0.791. The van der Waals surface area contributed by atoms with E-state index >= 15 is 0 Å². The number of morpholine rings is 1. The highest BCUT2D eigenvalue weighted by Crippen LogP contribution is 2.33. The summed E-state index contributed by atoms with van der Waals surface area (Å²) >= 11 is 0.983. The van der Waals surface area contributed by atoms with Crippen molar-refractivity contribution in [2.75, 3.05) is 40.1 Å². The summed E-state index contributed by atoms with van der Waals surface area (Å²) in [6, 6.07) is 7.42. The molecule has 0 unspecified atom stereocenters. The minimum atomic E-state index is -0.232. The number of thioether (sulfide) groups is 1. The number of carbonyl (C=O) groups excluding carboxylic acids is 2. The normalized spacial score (nSPS) is 21.3. The highest BCUT2D eigenvalue weighted by atomic mass is 32.2. The lowest BCUT2D eigenvalue weighted by molar-refractivity contribution is -0.915. The minimum Gasteiger partial charge on any atom is -0.496 e. The van der Waals surface area contributed by atoms with E-state index in [0.717, 1.165) is 30.4 Å². The largest absolute Gasteiger partial charge is 0.496 e. The van der Waals surface area contributed by atoms with Crippen molar-refractivity contribution in [1.29, 1.82) is 0 Å². The second-order valence-corrected chi connectivity index (χ2v) is 6.37. The number of amides is 2. The Balaban J connectivity index is 1.76. The zero-order chi connectivity index (χ0) is 16.2. The molecule has 2 fully saturated rings. The number of ether oxygens (including phenoxy) is 2. The Bertz CT molecular complexity index is 641. The van der Waals surface area contributed by atoms with Gasteiger partial charge in [-0.2, -0.15) is 0 Å². The van der Waals surface area contributed by atoms with Gasteiger partial charge in [0.15, 0.2) is 6.67 Å². The monoisotopic (exact) mass is 335 g/mol. The fourth-order valence-electron chi connectivity index (χ4n) is 2.60. The van der Waals surface area contributed by atoms with Crippen LogP contribution in [0.3, 0.4) is 0 Å². The fraction of sp³-hybridized carbons (Fsp3) is 0.375. The maximum absolute atomic E-state index is 12.5. The van der Waals surface area contributed by atoms with Crippen LogP contribution < -0.4 is 9.64 Å². The van der Waals surface area contributed by atoms with Gasteiger partial charge in [-0.05, 0) is 23.9 Å². The lowest BCUT2D eigenvalue weighted by Crippen LogP contribution is -3.15. The molecule has 0 atom stereocenters. The van der Waals surface area contributed by atoms with Crippen LogP contribution in [0.2, 0.25) is 0 Å². The molecule has 23 heavy (non-hydrogen) atoms. The highest BCUT2D eigenvalue weighted by molar-refractivity contribution is 8.18. The van der Waals surface area contributed by atoms with Crippen LogP contribution in [0.15, 0.2) is 29.2 Å². The van der Waals surface area contributed by atoms with Gasteiger partial charge in [0.1, 0.15) is 18.8 Å². The van der Waals surface area contributed by atoms with Crippen molar-refractivity contribution in [2.45, 2.75) is 0 Å². The van der Waals surface area contributed by atoms with Gasteiger partial charge in [0.05, 0.1) is 25.2 Å². The summed E-state index contributed by atoms with van der Waals surface area (Å²) < 4.78 is 10.6. The quantitative estimate of drug-likeness (QED) is 0.817. The first-order chi connectivity index (χ1) is 11.2. The molecule has 2 heterocycles. The van der Waals surface area contributed by atoms with Crippen LogP contribution >= 0.6 is 11.8 Å². The Labute approximate surface area is 139 Å². The van der Waals surface area contributed by atoms with E-state index in [1.54, 1.807) is 13.2 Å². The number of nitrogens with one attached hydrogen (secondary N) is 1. The minimum absolute atomic E-state index is 0.213. The van der Waals surface area contributed by atoms with Crippen molar-refractivity contribution in [3.05, 3.63) is 34.7 Å². The number of methoxy groups -OCH3 is 1. The molecule has 6 nitrogen and oxygen atoms in total. The highest BCUT2D eigenvalue weighted by Gasteiger charge is 2.37. The maximum Gasteiger partial charge on any atom is 0.298 e. The Hall–Kier alpha value is -1.83. The van der Waals surface area contributed by atoms with Crippen LogP contribution in [0, 0.1) is 0 Å². The lowest BCUT2D eigenvalue weighted by Gasteiger charge is -2.26. The third kappa shape index (κ3) is 3.57. The Kier molecular flexibility index (Phi) is 5.00. The molecule has 2 aliphatic heterocycles. The molecule has 2 amide bonds. The number of para-hydroxylation sites is 1. The van der Waals surface area contributed by atoms with Crippen LogP contribution in [-0.4, -0.2) is 56.1 Å². The molecule has 0 radical (unpaired) electrons. The molecule has 1 N–H and O–H groups in total. The standard InChI is InChI=1S/C16H18N2O4S/c1-21-13-5-3-2-4-12(13)10-14-15(19)18(16(20)23-14)11-17-6-8-22-9-7-17/h2-5,10H,6-9,11H2,1H3/p+1/b14-10+. The van der Waals surface area contributed by atoms with E-state index in [4.69, 9.17) is 9.47 Å². The third-order valence-corrected chi connectivity index (χ3v) is 4.79. The lowest BCUT2D eigenvalue weighted by atomic mass is 10.2. The second kappa shape index (κ2) is 7.16. The van der Waals surface area contributed by atoms with E-state index in [9.17, 15) is 9.59 Å². The van der Waals surface area contributed by atoms with Crippen molar-refractivity contribution >= 4 is 29.0 Å². The molecule has 1 aromatic rings. The van der Waals surface area contributed by atoms with Crippen molar-refractivity contribution in [3.63, 3.8) is 0 Å². The maximum atomic E-state index is 12.5. The van der Waals surface area contributed by atoms with Crippen LogP contribution in [0.4, 0.5) is 4.79 Å². The van der Waals surface area contributed by atoms with E-state index in [1.165, 1.54) is 9.80 Å². The van der Waals surface area contributed by atoms with Crippen molar-refractivity contribution in [1.82, 2.24) is 4.90 Å². The summed E-state index contributed by atoms with van der Waals surface area (Å²) in [6.45, 7) is 3.36. The predicted octanol–water partition coefficient (Wildman–Crippen LogP) is 0.604. The fourth-order valence-corrected chi connectivity index (χ4v) is 3.43. The molecule has 0 aromatic heterocycles. The molecule has 1 aromatic carbocycles. The zero-order valence-corrected chi connectivity index (χ0v) is 13.7. The van der Waals surface area contributed by atoms with Crippen molar-refractivity contribution < 1.29 is 24.0 Å². The summed E-state index contributed by atoms with van der Waals surface area (Å²) in [4.78, 5) is 27.6. The molecule has 7 heteroatoms. The molecular formula is C16H19N2O4S+. The van der Waals surface area contributed by atoms with Crippen LogP contribution in [-0.2, 0) is 9.53 Å². The molecule has 3 rings (SSSR count). The molecule has 2 aliphatic rings. The van der Waals surface area contributed by atoms with Crippen LogP contribution in [0.5, 0.6) is 5.75 Å². The topological polar surface area (TPSA) is 60.3 Å². The van der Waals surface area contributed by atoms with Gasteiger partial charge in [-0.25, -0.2) is 4.90 Å². The first-order valence-electron chi connectivity index (χ1n) is 7.49. The number of rotatable bonds is 4. The first-order valence-corrected chi connectivity index (χ1v) is 8.30. The van der Waals surface area contributed by atoms with E-state index < -0.39 is 0 Å². The van der Waals surface area contributed by atoms with Crippen LogP contribution in [0.25, 0.3) is 6.08 Å². The molecule has 122 valence electrons. The van der Waals surface area contributed by atoms with Gasteiger partial charge in [0.2, 0.25) is 0 Å². The molecule has 2 saturated heterocycles. The average Bonchev–Trinajstić information content (AvgIpc) is 2.84. The van der Waals surface area contributed by atoms with Crippen molar-refractivity contribution in [2.24, 2.45) is 0 Å². The molecule has 0 saturated carbocycles. The average molecular weight is 335 g/mol. The van der Waals surface area contributed by atoms with E-state index in [-0.39, 0.29) is 11.1 Å². The molecule has 0 spiro atoms. The summed E-state index contributed by atoms with van der Waals surface area (Å²) in [5.74, 6) is 0.447. The summed E-state index contributed by atoms with van der Waals surface area (Å²) in [6.07, 6.45) is 1.72. The number of hydrogen-bond donors (Lipinski definition) is 1. The van der Waals surface area contributed by atoms with Gasteiger partial charge in [-0.15, -0.1) is 0 Å². The zero-order valence-electron chi connectivity index (χ0n) is 12.9. The molecule has 0 aliphatic carbocycles.